The van der Waals surface area contributed by atoms with Crippen molar-refractivity contribution >= 4 is 40.5 Å². The summed E-state index contributed by atoms with van der Waals surface area (Å²) < 4.78 is 6.06. The van der Waals surface area contributed by atoms with Crippen LogP contribution >= 0.6 is 24.3 Å². The third kappa shape index (κ3) is 4.24. The molecule has 6 nitrogen and oxygen atoms in total. The SMILES string of the molecule is N#Cc1ccccc1CN1C(=NC(=O)c2ccccc2)SOC1(N=C=S)c1ccccc1. The van der Waals surface area contributed by atoms with Gasteiger partial charge in [0.05, 0.1) is 35.4 Å². The van der Waals surface area contributed by atoms with Gasteiger partial charge in [0.15, 0.2) is 5.17 Å². The summed E-state index contributed by atoms with van der Waals surface area (Å²) in [6.07, 6.45) is 0. The molecule has 1 atom stereocenters. The van der Waals surface area contributed by atoms with E-state index in [2.05, 4.69) is 21.2 Å². The quantitative estimate of drug-likeness (QED) is 0.300. The molecule has 156 valence electrons. The second-order valence-corrected chi connectivity index (χ2v) is 7.65. The van der Waals surface area contributed by atoms with E-state index < -0.39 is 11.8 Å². The number of benzene rings is 3. The topological polar surface area (TPSA) is 78.0 Å². The van der Waals surface area contributed by atoms with E-state index >= 15 is 0 Å². The van der Waals surface area contributed by atoms with E-state index in [-0.39, 0.29) is 6.54 Å². The van der Waals surface area contributed by atoms with Crippen LogP contribution < -0.4 is 0 Å². The van der Waals surface area contributed by atoms with Gasteiger partial charge in [-0.05, 0) is 36.0 Å². The van der Waals surface area contributed by atoms with Gasteiger partial charge in [-0.3, -0.25) is 13.9 Å². The van der Waals surface area contributed by atoms with Crippen molar-refractivity contribution in [3.63, 3.8) is 0 Å². The molecular weight excluding hydrogens is 440 g/mol. The van der Waals surface area contributed by atoms with E-state index in [1.54, 1.807) is 41.3 Å². The number of carbonyl (C=O) groups excluding carboxylic acids is 1. The Bertz CT molecular complexity index is 1250. The zero-order chi connectivity index (χ0) is 22.4. The third-order valence-electron chi connectivity index (χ3n) is 4.86. The van der Waals surface area contributed by atoms with Crippen LogP contribution in [-0.2, 0) is 16.6 Å². The average molecular weight is 457 g/mol. The highest BCUT2D eigenvalue weighted by Crippen LogP contribution is 2.45. The van der Waals surface area contributed by atoms with Gasteiger partial charge in [0, 0.05) is 11.1 Å². The molecule has 3 aromatic carbocycles. The molecule has 1 fully saturated rings. The normalized spacial score (nSPS) is 18.7. The van der Waals surface area contributed by atoms with Crippen molar-refractivity contribution in [3.05, 3.63) is 107 Å². The standard InChI is InChI=1S/C24H16N4O2S2/c25-15-19-11-7-8-12-20(19)16-28-23(27-22(29)18-9-3-1-4-10-18)32-30-24(28,26-17-31)21-13-5-2-6-14-21/h1-14H,16H2. The van der Waals surface area contributed by atoms with Gasteiger partial charge in [-0.2, -0.15) is 15.2 Å². The molecule has 32 heavy (non-hydrogen) atoms. The number of rotatable bonds is 5. The number of nitrogens with zero attached hydrogens (tertiary/aromatic N) is 4. The summed E-state index contributed by atoms with van der Waals surface area (Å²) in [7, 11) is 0. The van der Waals surface area contributed by atoms with Gasteiger partial charge < -0.3 is 0 Å². The first kappa shape index (κ1) is 21.6. The Morgan fingerprint density at radius 2 is 1.69 bits per heavy atom. The second kappa shape index (κ2) is 9.69. The highest BCUT2D eigenvalue weighted by atomic mass is 32.2. The molecule has 0 radical (unpaired) electrons. The highest BCUT2D eigenvalue weighted by Gasteiger charge is 2.49. The molecule has 4 rings (SSSR count). The summed E-state index contributed by atoms with van der Waals surface area (Å²) in [4.78, 5) is 23.2. The van der Waals surface area contributed by atoms with Crippen molar-refractivity contribution in [3.8, 4) is 6.07 Å². The number of hydrogen-bond acceptors (Lipinski definition) is 6. The fourth-order valence-corrected chi connectivity index (χ4v) is 4.24. The van der Waals surface area contributed by atoms with E-state index in [4.69, 9.17) is 16.4 Å². The van der Waals surface area contributed by atoms with Gasteiger partial charge in [-0.25, -0.2) is 0 Å². The molecule has 1 unspecified atom stereocenters. The van der Waals surface area contributed by atoms with Crippen LogP contribution in [0.1, 0.15) is 27.0 Å². The summed E-state index contributed by atoms with van der Waals surface area (Å²) in [5, 5.41) is 12.3. The van der Waals surface area contributed by atoms with Crippen LogP contribution in [0, 0.1) is 11.3 Å². The summed E-state index contributed by atoms with van der Waals surface area (Å²) in [5.41, 5.74) is 2.39. The van der Waals surface area contributed by atoms with Crippen molar-refractivity contribution in [1.29, 1.82) is 5.26 Å². The van der Waals surface area contributed by atoms with Crippen LogP contribution in [-0.4, -0.2) is 21.1 Å². The Labute approximate surface area is 195 Å². The Morgan fingerprint density at radius 1 is 1.03 bits per heavy atom. The first-order chi connectivity index (χ1) is 15.7. The summed E-state index contributed by atoms with van der Waals surface area (Å²) in [6.45, 7) is 0.215. The van der Waals surface area contributed by atoms with Crippen LogP contribution in [0.15, 0.2) is 94.9 Å². The van der Waals surface area contributed by atoms with Crippen LogP contribution in [0.5, 0.6) is 0 Å². The maximum Gasteiger partial charge on any atom is 0.289 e. The van der Waals surface area contributed by atoms with Crippen molar-refractivity contribution in [1.82, 2.24) is 4.90 Å². The summed E-state index contributed by atoms with van der Waals surface area (Å²) in [6, 6.07) is 27.5. The Balaban J connectivity index is 1.84. The number of amidine groups is 1. The fourth-order valence-electron chi connectivity index (χ4n) is 3.30. The fraction of sp³-hybridized carbons (Fsp3) is 0.0833. The van der Waals surface area contributed by atoms with Crippen LogP contribution in [0.2, 0.25) is 0 Å². The molecule has 1 amide bonds. The van der Waals surface area contributed by atoms with Crippen LogP contribution in [0.25, 0.3) is 0 Å². The van der Waals surface area contributed by atoms with Crippen LogP contribution in [0.3, 0.4) is 0 Å². The molecule has 0 spiro atoms. The van der Waals surface area contributed by atoms with Crippen molar-refractivity contribution in [2.45, 2.75) is 12.4 Å². The molecule has 1 aliphatic rings. The lowest BCUT2D eigenvalue weighted by molar-refractivity contribution is -0.0119. The highest BCUT2D eigenvalue weighted by molar-refractivity contribution is 8.10. The molecule has 0 N–H and O–H groups in total. The number of aliphatic imine (C=N–C) groups is 2. The van der Waals surface area contributed by atoms with Crippen molar-refractivity contribution in [2.75, 3.05) is 0 Å². The molecule has 0 bridgehead atoms. The lowest BCUT2D eigenvalue weighted by Crippen LogP contribution is -2.42. The van der Waals surface area contributed by atoms with E-state index in [1.165, 1.54) is 0 Å². The Hall–Kier alpha value is -3.60. The van der Waals surface area contributed by atoms with E-state index in [9.17, 15) is 10.1 Å². The summed E-state index contributed by atoms with van der Waals surface area (Å²) in [5.74, 6) is -1.79. The average Bonchev–Trinajstić information content (AvgIpc) is 3.18. The van der Waals surface area contributed by atoms with Gasteiger partial charge in [0.25, 0.3) is 11.8 Å². The minimum Gasteiger partial charge on any atom is -0.292 e. The molecule has 1 heterocycles. The minimum atomic E-state index is -1.38. The Morgan fingerprint density at radius 3 is 2.38 bits per heavy atom. The molecule has 0 aromatic heterocycles. The van der Waals surface area contributed by atoms with Gasteiger partial charge >= 0.3 is 0 Å². The van der Waals surface area contributed by atoms with E-state index in [0.717, 1.165) is 17.6 Å². The van der Waals surface area contributed by atoms with Crippen molar-refractivity contribution in [2.24, 2.45) is 9.98 Å². The lowest BCUT2D eigenvalue weighted by atomic mass is 10.1. The zero-order valence-corrected chi connectivity index (χ0v) is 18.3. The first-order valence-corrected chi connectivity index (χ1v) is 10.8. The van der Waals surface area contributed by atoms with Gasteiger partial charge in [-0.1, -0.05) is 66.7 Å². The Kier molecular flexibility index (Phi) is 6.55. The first-order valence-electron chi connectivity index (χ1n) is 9.62. The predicted molar refractivity (Wildman–Crippen MR) is 127 cm³/mol. The molecule has 1 saturated heterocycles. The predicted octanol–water partition coefficient (Wildman–Crippen LogP) is 5.15. The molecule has 8 heteroatoms. The van der Waals surface area contributed by atoms with Gasteiger partial charge in [0.2, 0.25) is 0 Å². The monoisotopic (exact) mass is 456 g/mol. The number of isothiocyanates is 1. The van der Waals surface area contributed by atoms with Crippen molar-refractivity contribution < 1.29 is 8.98 Å². The maximum absolute atomic E-state index is 12.8. The molecular formula is C24H16N4O2S2. The number of amides is 1. The minimum absolute atomic E-state index is 0.215. The third-order valence-corrected chi connectivity index (χ3v) is 5.73. The summed E-state index contributed by atoms with van der Waals surface area (Å²) >= 11 is 5.88. The maximum atomic E-state index is 12.8. The number of nitriles is 1. The van der Waals surface area contributed by atoms with Crippen LogP contribution in [0.4, 0.5) is 0 Å². The second-order valence-electron chi connectivity index (χ2n) is 6.76. The molecule has 1 aliphatic heterocycles. The zero-order valence-electron chi connectivity index (χ0n) is 16.7. The number of hydrogen-bond donors (Lipinski definition) is 0. The van der Waals surface area contributed by atoms with Gasteiger partial charge in [-0.15, -0.1) is 0 Å². The van der Waals surface area contributed by atoms with E-state index in [0.29, 0.717) is 21.9 Å². The number of carbonyl (C=O) groups is 1. The number of thiocarbonyl (C=S) groups is 1. The lowest BCUT2D eigenvalue weighted by Gasteiger charge is -2.32. The van der Waals surface area contributed by atoms with Gasteiger partial charge in [0.1, 0.15) is 0 Å². The van der Waals surface area contributed by atoms with E-state index in [1.807, 2.05) is 48.5 Å². The smallest absolute Gasteiger partial charge is 0.289 e. The molecule has 0 aliphatic carbocycles. The largest absolute Gasteiger partial charge is 0.292 e. The molecule has 3 aromatic rings. The molecule has 0 saturated carbocycles.